The summed E-state index contributed by atoms with van der Waals surface area (Å²) in [5.41, 5.74) is 0.485. The van der Waals surface area contributed by atoms with Crippen LogP contribution in [0.3, 0.4) is 0 Å². The standard InChI is InChI=1S/C18H27FN2O3Si/c1-25(2,3)13-12-24-18(23)20-16-8-10-21(11-9-16)17(22)14-4-6-15(19)7-5-14/h4-7,16H,8-13H2,1-3H3,(H,20,23). The van der Waals surface area contributed by atoms with E-state index in [1.807, 2.05) is 0 Å². The molecule has 1 aliphatic heterocycles. The highest BCUT2D eigenvalue weighted by Crippen LogP contribution is 2.15. The molecule has 1 fully saturated rings. The molecule has 0 atom stereocenters. The van der Waals surface area contributed by atoms with Crippen LogP contribution < -0.4 is 5.32 Å². The van der Waals surface area contributed by atoms with Gasteiger partial charge < -0.3 is 15.0 Å². The van der Waals surface area contributed by atoms with Crippen molar-refractivity contribution in [2.75, 3.05) is 19.7 Å². The van der Waals surface area contributed by atoms with Crippen molar-refractivity contribution in [2.24, 2.45) is 0 Å². The maximum atomic E-state index is 12.9. The van der Waals surface area contributed by atoms with Gasteiger partial charge in [0.15, 0.2) is 0 Å². The quantitative estimate of drug-likeness (QED) is 0.812. The summed E-state index contributed by atoms with van der Waals surface area (Å²) in [6, 6.07) is 6.55. The van der Waals surface area contributed by atoms with Crippen molar-refractivity contribution in [3.63, 3.8) is 0 Å². The lowest BCUT2D eigenvalue weighted by Crippen LogP contribution is -2.46. The maximum Gasteiger partial charge on any atom is 0.407 e. The fraction of sp³-hybridized carbons (Fsp3) is 0.556. The van der Waals surface area contributed by atoms with Gasteiger partial charge in [0.05, 0.1) is 6.61 Å². The van der Waals surface area contributed by atoms with Crippen LogP contribution in [-0.4, -0.2) is 50.7 Å². The van der Waals surface area contributed by atoms with Gasteiger partial charge in [-0.15, -0.1) is 0 Å². The molecule has 0 aromatic heterocycles. The molecule has 0 aliphatic carbocycles. The van der Waals surface area contributed by atoms with Crippen molar-refractivity contribution in [1.29, 1.82) is 0 Å². The molecular formula is C18H27FN2O3Si. The Morgan fingerprint density at radius 3 is 2.36 bits per heavy atom. The maximum absolute atomic E-state index is 12.9. The van der Waals surface area contributed by atoms with Crippen LogP contribution in [0.2, 0.25) is 25.7 Å². The number of amides is 2. The van der Waals surface area contributed by atoms with E-state index in [4.69, 9.17) is 4.74 Å². The van der Waals surface area contributed by atoms with E-state index in [1.54, 1.807) is 4.90 Å². The van der Waals surface area contributed by atoms with Gasteiger partial charge in [0, 0.05) is 32.8 Å². The lowest BCUT2D eigenvalue weighted by atomic mass is 10.0. The predicted octanol–water partition coefficient (Wildman–Crippen LogP) is 3.49. The number of nitrogens with zero attached hydrogens (tertiary/aromatic N) is 1. The molecule has 2 rings (SSSR count). The van der Waals surface area contributed by atoms with E-state index >= 15 is 0 Å². The summed E-state index contributed by atoms with van der Waals surface area (Å²) in [4.78, 5) is 25.9. The largest absolute Gasteiger partial charge is 0.450 e. The SMILES string of the molecule is C[Si](C)(C)CCOC(=O)NC1CCN(C(=O)c2ccc(F)cc2)CC1. The molecule has 5 nitrogen and oxygen atoms in total. The number of carbonyl (C=O) groups is 2. The first-order valence-corrected chi connectivity index (χ1v) is 12.4. The van der Waals surface area contributed by atoms with Gasteiger partial charge in [0.1, 0.15) is 5.82 Å². The molecule has 0 unspecified atom stereocenters. The highest BCUT2D eigenvalue weighted by atomic mass is 28.3. The van der Waals surface area contributed by atoms with Gasteiger partial charge in [-0.2, -0.15) is 0 Å². The van der Waals surface area contributed by atoms with Gasteiger partial charge in [-0.3, -0.25) is 4.79 Å². The van der Waals surface area contributed by atoms with Gasteiger partial charge in [0.2, 0.25) is 0 Å². The van der Waals surface area contributed by atoms with Crippen LogP contribution in [0.15, 0.2) is 24.3 Å². The van der Waals surface area contributed by atoms with Crippen LogP contribution in [0.4, 0.5) is 9.18 Å². The third-order valence-corrected chi connectivity index (χ3v) is 5.98. The van der Waals surface area contributed by atoms with E-state index in [0.717, 1.165) is 6.04 Å². The molecule has 0 saturated carbocycles. The number of piperidine rings is 1. The Bertz CT molecular complexity index is 593. The zero-order chi connectivity index (χ0) is 18.4. The first kappa shape index (κ1) is 19.4. The fourth-order valence-corrected chi connectivity index (χ4v) is 3.37. The number of carbonyl (C=O) groups excluding carboxylic acids is 2. The molecule has 0 radical (unpaired) electrons. The Labute approximate surface area is 149 Å². The summed E-state index contributed by atoms with van der Waals surface area (Å²) < 4.78 is 18.2. The van der Waals surface area contributed by atoms with Crippen LogP contribution in [0.5, 0.6) is 0 Å². The molecule has 0 bridgehead atoms. The second-order valence-corrected chi connectivity index (χ2v) is 13.3. The van der Waals surface area contributed by atoms with Crippen LogP contribution in [0.25, 0.3) is 0 Å². The topological polar surface area (TPSA) is 58.6 Å². The number of rotatable bonds is 5. The van der Waals surface area contributed by atoms with E-state index in [1.165, 1.54) is 24.3 Å². The first-order valence-electron chi connectivity index (χ1n) is 8.73. The van der Waals surface area contributed by atoms with E-state index in [9.17, 15) is 14.0 Å². The molecule has 1 saturated heterocycles. The zero-order valence-electron chi connectivity index (χ0n) is 15.2. The van der Waals surface area contributed by atoms with Crippen molar-refractivity contribution in [2.45, 2.75) is 44.6 Å². The Hall–Kier alpha value is -1.89. The van der Waals surface area contributed by atoms with Crippen molar-refractivity contribution >= 4 is 20.1 Å². The molecule has 1 N–H and O–H groups in total. The molecule has 25 heavy (non-hydrogen) atoms. The van der Waals surface area contributed by atoms with Gasteiger partial charge in [-0.1, -0.05) is 19.6 Å². The number of ether oxygens (including phenoxy) is 1. The second kappa shape index (κ2) is 8.47. The molecule has 138 valence electrons. The molecule has 1 aromatic rings. The highest BCUT2D eigenvalue weighted by Gasteiger charge is 2.25. The Kier molecular flexibility index (Phi) is 6.58. The number of nitrogens with one attached hydrogen (secondary N) is 1. The minimum absolute atomic E-state index is 0.0247. The van der Waals surface area contributed by atoms with E-state index in [2.05, 4.69) is 25.0 Å². The van der Waals surface area contributed by atoms with E-state index in [0.29, 0.717) is 38.1 Å². The van der Waals surface area contributed by atoms with E-state index in [-0.39, 0.29) is 23.9 Å². The molecule has 1 aromatic carbocycles. The number of hydrogen-bond acceptors (Lipinski definition) is 3. The predicted molar refractivity (Wildman–Crippen MR) is 98.0 cm³/mol. The highest BCUT2D eigenvalue weighted by molar-refractivity contribution is 6.76. The number of benzene rings is 1. The molecule has 0 spiro atoms. The number of hydrogen-bond donors (Lipinski definition) is 1. The Morgan fingerprint density at radius 2 is 1.80 bits per heavy atom. The van der Waals surface area contributed by atoms with Crippen molar-refractivity contribution in [1.82, 2.24) is 10.2 Å². The normalized spacial score (nSPS) is 15.8. The van der Waals surface area contributed by atoms with Gasteiger partial charge >= 0.3 is 6.09 Å². The van der Waals surface area contributed by atoms with Gasteiger partial charge in [0.25, 0.3) is 5.91 Å². The monoisotopic (exact) mass is 366 g/mol. The lowest BCUT2D eigenvalue weighted by Gasteiger charge is -2.32. The summed E-state index contributed by atoms with van der Waals surface area (Å²) in [5, 5.41) is 2.88. The van der Waals surface area contributed by atoms with Crippen LogP contribution >= 0.6 is 0 Å². The van der Waals surface area contributed by atoms with Crippen LogP contribution in [0.1, 0.15) is 23.2 Å². The van der Waals surface area contributed by atoms with Crippen molar-refractivity contribution in [3.05, 3.63) is 35.6 Å². The average Bonchev–Trinajstić information content (AvgIpc) is 2.54. The van der Waals surface area contributed by atoms with Gasteiger partial charge in [-0.05, 0) is 43.2 Å². The van der Waals surface area contributed by atoms with Crippen LogP contribution in [0, 0.1) is 5.82 Å². The Morgan fingerprint density at radius 1 is 1.20 bits per heavy atom. The molecule has 1 heterocycles. The summed E-state index contributed by atoms with van der Waals surface area (Å²) in [6.07, 6.45) is 1.01. The minimum atomic E-state index is -1.21. The third kappa shape index (κ3) is 6.49. The zero-order valence-corrected chi connectivity index (χ0v) is 16.2. The van der Waals surface area contributed by atoms with Crippen molar-refractivity contribution < 1.29 is 18.7 Å². The fourth-order valence-electron chi connectivity index (χ4n) is 2.66. The molecular weight excluding hydrogens is 339 g/mol. The average molecular weight is 367 g/mol. The second-order valence-electron chi connectivity index (χ2n) is 7.66. The minimum Gasteiger partial charge on any atom is -0.450 e. The van der Waals surface area contributed by atoms with Gasteiger partial charge in [-0.25, -0.2) is 9.18 Å². The number of alkyl carbamates (subject to hydrolysis) is 1. The molecule has 2 amide bonds. The Balaban J connectivity index is 1.73. The first-order chi connectivity index (χ1) is 11.7. The number of likely N-dealkylation sites (tertiary alicyclic amines) is 1. The summed E-state index contributed by atoms with van der Waals surface area (Å²) in [7, 11) is -1.21. The smallest absolute Gasteiger partial charge is 0.407 e. The van der Waals surface area contributed by atoms with E-state index < -0.39 is 8.07 Å². The third-order valence-electron chi connectivity index (χ3n) is 4.28. The van der Waals surface area contributed by atoms with Crippen molar-refractivity contribution in [3.8, 4) is 0 Å². The molecule has 1 aliphatic rings. The number of halogens is 1. The van der Waals surface area contributed by atoms with Crippen LogP contribution in [-0.2, 0) is 4.74 Å². The summed E-state index contributed by atoms with van der Waals surface area (Å²) in [6.45, 7) is 8.31. The summed E-state index contributed by atoms with van der Waals surface area (Å²) >= 11 is 0. The summed E-state index contributed by atoms with van der Waals surface area (Å²) in [5.74, 6) is -0.455. The lowest BCUT2D eigenvalue weighted by molar-refractivity contribution is 0.0702. The molecule has 7 heteroatoms.